The van der Waals surface area contributed by atoms with Crippen LogP contribution in [0.15, 0.2) is 23.1 Å². The summed E-state index contributed by atoms with van der Waals surface area (Å²) in [7, 11) is 0. The van der Waals surface area contributed by atoms with Crippen LogP contribution in [0, 0.1) is 0 Å². The molecule has 0 aromatic carbocycles. The molecule has 0 spiro atoms. The van der Waals surface area contributed by atoms with Crippen molar-refractivity contribution in [2.75, 3.05) is 32.8 Å². The first-order valence-electron chi connectivity index (χ1n) is 8.33. The maximum Gasteiger partial charge on any atom is 0.0593 e. The van der Waals surface area contributed by atoms with Crippen LogP contribution in [0.2, 0.25) is 0 Å². The van der Waals surface area contributed by atoms with E-state index in [-0.39, 0.29) is 0 Å². The molecule has 0 aliphatic carbocycles. The van der Waals surface area contributed by atoms with E-state index in [1.54, 1.807) is 11.3 Å². The zero-order valence-corrected chi connectivity index (χ0v) is 15.1. The van der Waals surface area contributed by atoms with Crippen LogP contribution in [0.1, 0.15) is 39.5 Å². The lowest BCUT2D eigenvalue weighted by Crippen LogP contribution is -2.24. The lowest BCUT2D eigenvalue weighted by Gasteiger charge is -2.14. The van der Waals surface area contributed by atoms with Gasteiger partial charge in [0.2, 0.25) is 0 Å². The van der Waals surface area contributed by atoms with Gasteiger partial charge >= 0.3 is 0 Å². The minimum Gasteiger partial charge on any atom is -0.380 e. The van der Waals surface area contributed by atoms with Gasteiger partial charge in [0.1, 0.15) is 0 Å². The minimum absolute atomic E-state index is 0.890. The number of thiophene rings is 1. The minimum atomic E-state index is 0.890. The molecule has 3 heteroatoms. The normalized spacial score (nSPS) is 15.6. The van der Waals surface area contributed by atoms with Gasteiger partial charge in [0, 0.05) is 11.1 Å². The second-order valence-electron chi connectivity index (χ2n) is 5.58. The zero-order chi connectivity index (χ0) is 16.2. The Hall–Kier alpha value is -0.900. The van der Waals surface area contributed by atoms with E-state index < -0.39 is 0 Å². The van der Waals surface area contributed by atoms with E-state index in [9.17, 15) is 0 Å². The number of hydrogen-bond donors (Lipinski definition) is 0. The van der Waals surface area contributed by atoms with Gasteiger partial charge in [-0.1, -0.05) is 31.7 Å². The van der Waals surface area contributed by atoms with Crippen LogP contribution in [0.4, 0.5) is 0 Å². The summed E-state index contributed by atoms with van der Waals surface area (Å²) in [6.07, 6.45) is 7.22. The number of allylic oxidation sites excluding steroid dienone is 1. The van der Waals surface area contributed by atoms with E-state index in [2.05, 4.69) is 38.0 Å². The second-order valence-corrected chi connectivity index (χ2v) is 6.58. The number of ether oxygens (including phenoxy) is 1. The fraction of sp³-hybridized carbons (Fsp3) is 0.579. The van der Waals surface area contributed by atoms with Gasteiger partial charge in [0.05, 0.1) is 13.2 Å². The van der Waals surface area contributed by atoms with Gasteiger partial charge in [-0.3, -0.25) is 0 Å². The summed E-state index contributed by atoms with van der Waals surface area (Å²) < 4.78 is 6.72. The molecule has 2 nitrogen and oxygen atoms in total. The molecule has 0 saturated carbocycles. The highest BCUT2D eigenvalue weighted by Gasteiger charge is 2.10. The molecule has 124 valence electrons. The molecule has 1 aliphatic rings. The molecule has 1 aromatic rings. The first-order valence-corrected chi connectivity index (χ1v) is 9.20. The average molecular weight is 322 g/mol. The molecule has 22 heavy (non-hydrogen) atoms. The Balaban J connectivity index is 0.000000287. The predicted octanol–water partition coefficient (Wildman–Crippen LogP) is 3.41. The maximum atomic E-state index is 5.65. The van der Waals surface area contributed by atoms with Crippen LogP contribution in [-0.4, -0.2) is 37.7 Å². The van der Waals surface area contributed by atoms with Gasteiger partial charge < -0.3 is 9.64 Å². The van der Waals surface area contributed by atoms with E-state index in [4.69, 9.17) is 4.74 Å². The van der Waals surface area contributed by atoms with Gasteiger partial charge in [0.25, 0.3) is 0 Å². The molecular weight excluding hydrogens is 290 g/mol. The van der Waals surface area contributed by atoms with Crippen LogP contribution in [0.25, 0.3) is 13.2 Å². The van der Waals surface area contributed by atoms with Crippen LogP contribution in [0.3, 0.4) is 0 Å². The van der Waals surface area contributed by atoms with Crippen molar-refractivity contribution in [2.45, 2.75) is 39.5 Å². The van der Waals surface area contributed by atoms with Gasteiger partial charge in [-0.2, -0.15) is 0 Å². The summed E-state index contributed by atoms with van der Waals surface area (Å²) >= 11 is 1.63. The van der Waals surface area contributed by atoms with Crippen molar-refractivity contribution in [1.29, 1.82) is 0 Å². The van der Waals surface area contributed by atoms with Crippen LogP contribution < -0.4 is 9.75 Å². The lowest BCUT2D eigenvalue weighted by molar-refractivity contribution is 0.113. The monoisotopic (exact) mass is 321 g/mol. The molecule has 0 amide bonds. The SMILES string of the molecule is C/C=C(\CC)CCOCCN1CCCC1.C=c1ccsc1=C. The van der Waals surface area contributed by atoms with Crippen molar-refractivity contribution in [3.05, 3.63) is 32.8 Å². The molecule has 0 unspecified atom stereocenters. The molecule has 2 heterocycles. The topological polar surface area (TPSA) is 12.5 Å². The van der Waals surface area contributed by atoms with Crippen molar-refractivity contribution in [1.82, 2.24) is 4.90 Å². The van der Waals surface area contributed by atoms with Crippen LogP contribution in [-0.2, 0) is 4.74 Å². The number of hydrogen-bond acceptors (Lipinski definition) is 3. The average Bonchev–Trinajstić information content (AvgIpc) is 3.16. The largest absolute Gasteiger partial charge is 0.380 e. The third kappa shape index (κ3) is 7.92. The van der Waals surface area contributed by atoms with E-state index in [1.165, 1.54) is 31.5 Å². The molecule has 1 aromatic heterocycles. The number of nitrogens with zero attached hydrogens (tertiary/aromatic N) is 1. The Morgan fingerprint density at radius 3 is 2.50 bits per heavy atom. The third-order valence-corrected chi connectivity index (χ3v) is 4.84. The summed E-state index contributed by atoms with van der Waals surface area (Å²) in [5, 5.41) is 3.04. The molecule has 2 rings (SSSR count). The zero-order valence-electron chi connectivity index (χ0n) is 14.3. The van der Waals surface area contributed by atoms with Gasteiger partial charge in [-0.25, -0.2) is 0 Å². The van der Waals surface area contributed by atoms with E-state index >= 15 is 0 Å². The Kier molecular flexibility index (Phi) is 10.1. The van der Waals surface area contributed by atoms with Gasteiger partial charge in [-0.05, 0) is 62.4 Å². The molecule has 0 N–H and O–H groups in total. The standard InChI is InChI=1S/C13H25NO.C6H6S/c1-3-13(4-2)7-11-15-12-10-14-8-5-6-9-14;1-5-3-4-7-6(5)2/h3H,4-12H2,1-2H3;3-4H,1-2H2/b13-3+;. The van der Waals surface area contributed by atoms with E-state index in [0.717, 1.165) is 42.4 Å². The quantitative estimate of drug-likeness (QED) is 0.564. The predicted molar refractivity (Wildman–Crippen MR) is 99.8 cm³/mol. The molecule has 1 aliphatic heterocycles. The molecule has 0 atom stereocenters. The summed E-state index contributed by atoms with van der Waals surface area (Å²) in [5.74, 6) is 0. The molecule has 1 saturated heterocycles. The van der Waals surface area contributed by atoms with Gasteiger partial charge in [-0.15, -0.1) is 11.3 Å². The van der Waals surface area contributed by atoms with Gasteiger partial charge in [0.15, 0.2) is 0 Å². The lowest BCUT2D eigenvalue weighted by atomic mass is 10.1. The Bertz CT molecular complexity index is 489. The molecule has 0 bridgehead atoms. The summed E-state index contributed by atoms with van der Waals surface area (Å²) in [4.78, 5) is 2.50. The fourth-order valence-electron chi connectivity index (χ4n) is 2.40. The Labute approximate surface area is 139 Å². The summed E-state index contributed by atoms with van der Waals surface area (Å²) in [6, 6.07) is 1.97. The van der Waals surface area contributed by atoms with Crippen molar-refractivity contribution >= 4 is 24.5 Å². The first-order chi connectivity index (χ1) is 10.7. The third-order valence-electron chi connectivity index (χ3n) is 4.02. The van der Waals surface area contributed by atoms with Crippen molar-refractivity contribution in [3.8, 4) is 0 Å². The molecule has 1 fully saturated rings. The maximum absolute atomic E-state index is 5.65. The first kappa shape index (κ1) is 19.1. The Morgan fingerprint density at radius 2 is 2.05 bits per heavy atom. The van der Waals surface area contributed by atoms with E-state index in [1.807, 2.05) is 11.4 Å². The second kappa shape index (κ2) is 11.6. The van der Waals surface area contributed by atoms with Crippen LogP contribution >= 0.6 is 11.3 Å². The summed E-state index contributed by atoms with van der Waals surface area (Å²) in [6.45, 7) is 17.3. The number of rotatable bonds is 7. The molecule has 0 radical (unpaired) electrons. The number of likely N-dealkylation sites (tertiary alicyclic amines) is 1. The highest BCUT2D eigenvalue weighted by molar-refractivity contribution is 7.07. The van der Waals surface area contributed by atoms with Crippen LogP contribution in [0.5, 0.6) is 0 Å². The van der Waals surface area contributed by atoms with Crippen molar-refractivity contribution in [3.63, 3.8) is 0 Å². The smallest absolute Gasteiger partial charge is 0.0593 e. The summed E-state index contributed by atoms with van der Waals surface area (Å²) in [5.41, 5.74) is 1.51. The highest BCUT2D eigenvalue weighted by Crippen LogP contribution is 2.07. The van der Waals surface area contributed by atoms with Crippen molar-refractivity contribution < 1.29 is 4.74 Å². The highest BCUT2D eigenvalue weighted by atomic mass is 32.1. The molecular formula is C19H31NOS. The van der Waals surface area contributed by atoms with Crippen molar-refractivity contribution in [2.24, 2.45) is 0 Å². The van der Waals surface area contributed by atoms with E-state index in [0.29, 0.717) is 0 Å². The Morgan fingerprint density at radius 1 is 1.32 bits per heavy atom. The fourth-order valence-corrected chi connectivity index (χ4v) is 3.01.